The molecule has 0 spiro atoms. The lowest BCUT2D eigenvalue weighted by atomic mass is 9.98. The predicted molar refractivity (Wildman–Crippen MR) is 110 cm³/mol. The van der Waals surface area contributed by atoms with E-state index < -0.39 is 10.2 Å². The highest BCUT2D eigenvalue weighted by molar-refractivity contribution is 7.86. The zero-order valence-corrected chi connectivity index (χ0v) is 18.0. The van der Waals surface area contributed by atoms with E-state index in [0.29, 0.717) is 50.5 Å². The quantitative estimate of drug-likeness (QED) is 0.719. The van der Waals surface area contributed by atoms with Crippen molar-refractivity contribution in [1.82, 2.24) is 13.9 Å². The van der Waals surface area contributed by atoms with Crippen LogP contribution >= 0.6 is 0 Å². The van der Waals surface area contributed by atoms with Crippen LogP contribution in [0.5, 0.6) is 11.5 Å². The van der Waals surface area contributed by atoms with E-state index in [-0.39, 0.29) is 18.4 Å². The summed E-state index contributed by atoms with van der Waals surface area (Å²) in [6.45, 7) is 2.16. The molecule has 1 aromatic rings. The lowest BCUT2D eigenvalue weighted by molar-refractivity contribution is -0.126. The fourth-order valence-electron chi connectivity index (χ4n) is 4.04. The fourth-order valence-corrected chi connectivity index (χ4v) is 5.82. The highest BCUT2D eigenvalue weighted by Crippen LogP contribution is 2.30. The molecule has 2 heterocycles. The Morgan fingerprint density at radius 1 is 1.07 bits per heavy atom. The molecule has 0 aromatic heterocycles. The molecule has 0 saturated carbocycles. The van der Waals surface area contributed by atoms with Gasteiger partial charge < -0.3 is 14.8 Å². The molecular formula is C20H31N3O5S. The summed E-state index contributed by atoms with van der Waals surface area (Å²) in [6.07, 6.45) is 4.25. The van der Waals surface area contributed by atoms with Crippen molar-refractivity contribution in [2.24, 2.45) is 5.92 Å². The van der Waals surface area contributed by atoms with Gasteiger partial charge in [-0.25, -0.2) is 0 Å². The molecule has 1 atom stereocenters. The van der Waals surface area contributed by atoms with Gasteiger partial charge in [0.1, 0.15) is 0 Å². The Kier molecular flexibility index (Phi) is 7.37. The SMILES string of the molecule is COc1cccc(CNC(=O)C2CCCN(S(=O)(=O)N3CCCCC3)C2)c1OC. The van der Waals surface area contributed by atoms with Crippen molar-refractivity contribution >= 4 is 16.1 Å². The second kappa shape index (κ2) is 9.77. The number of benzene rings is 1. The third-order valence-corrected chi connectivity index (χ3v) is 7.66. The third kappa shape index (κ3) is 5.02. The van der Waals surface area contributed by atoms with E-state index in [9.17, 15) is 13.2 Å². The summed E-state index contributed by atoms with van der Waals surface area (Å²) in [6, 6.07) is 5.51. The second-order valence-electron chi connectivity index (χ2n) is 7.54. The van der Waals surface area contributed by atoms with Gasteiger partial charge >= 0.3 is 0 Å². The molecule has 1 aromatic carbocycles. The van der Waals surface area contributed by atoms with Gasteiger partial charge in [0.25, 0.3) is 10.2 Å². The number of para-hydroxylation sites is 1. The molecule has 8 nitrogen and oxygen atoms in total. The smallest absolute Gasteiger partial charge is 0.281 e. The molecule has 29 heavy (non-hydrogen) atoms. The maximum Gasteiger partial charge on any atom is 0.281 e. The monoisotopic (exact) mass is 425 g/mol. The first-order valence-corrected chi connectivity index (χ1v) is 11.6. The molecule has 2 saturated heterocycles. The molecule has 0 aliphatic carbocycles. The van der Waals surface area contributed by atoms with Crippen molar-refractivity contribution in [3.63, 3.8) is 0 Å². The van der Waals surface area contributed by atoms with Crippen LogP contribution in [-0.4, -0.2) is 63.3 Å². The summed E-state index contributed by atoms with van der Waals surface area (Å²) in [7, 11) is -0.356. The number of amides is 1. The number of ether oxygens (including phenoxy) is 2. The number of hydrogen-bond donors (Lipinski definition) is 1. The zero-order valence-electron chi connectivity index (χ0n) is 17.2. The molecule has 2 aliphatic heterocycles. The van der Waals surface area contributed by atoms with Crippen molar-refractivity contribution in [2.75, 3.05) is 40.4 Å². The van der Waals surface area contributed by atoms with E-state index in [1.165, 1.54) is 4.31 Å². The largest absolute Gasteiger partial charge is 0.493 e. The minimum absolute atomic E-state index is 0.131. The van der Waals surface area contributed by atoms with Crippen LogP contribution in [0.15, 0.2) is 18.2 Å². The van der Waals surface area contributed by atoms with Gasteiger partial charge in [-0.2, -0.15) is 17.0 Å². The van der Waals surface area contributed by atoms with E-state index in [0.717, 1.165) is 24.8 Å². The summed E-state index contributed by atoms with van der Waals surface area (Å²) in [5, 5.41) is 2.94. The van der Waals surface area contributed by atoms with Gasteiger partial charge in [-0.1, -0.05) is 18.6 Å². The first-order chi connectivity index (χ1) is 14.0. The molecule has 1 amide bonds. The van der Waals surface area contributed by atoms with E-state index >= 15 is 0 Å². The number of hydrogen-bond acceptors (Lipinski definition) is 5. The van der Waals surface area contributed by atoms with Crippen LogP contribution in [0.1, 0.15) is 37.7 Å². The normalized spacial score (nSPS) is 21.5. The van der Waals surface area contributed by atoms with Crippen molar-refractivity contribution in [3.05, 3.63) is 23.8 Å². The van der Waals surface area contributed by atoms with Gasteiger partial charge in [0, 0.05) is 38.3 Å². The maximum atomic E-state index is 12.9. The molecule has 0 radical (unpaired) electrons. The summed E-state index contributed by atoms with van der Waals surface area (Å²) in [4.78, 5) is 12.8. The first-order valence-electron chi connectivity index (χ1n) is 10.2. The van der Waals surface area contributed by atoms with Crippen molar-refractivity contribution in [2.45, 2.75) is 38.6 Å². The summed E-state index contributed by atoms with van der Waals surface area (Å²) >= 11 is 0. The van der Waals surface area contributed by atoms with Gasteiger partial charge in [-0.15, -0.1) is 0 Å². The number of carbonyl (C=O) groups is 1. The molecule has 2 aliphatic rings. The number of piperidine rings is 2. The van der Waals surface area contributed by atoms with Gasteiger partial charge in [0.05, 0.1) is 20.1 Å². The maximum absolute atomic E-state index is 12.9. The van der Waals surface area contributed by atoms with E-state index in [1.54, 1.807) is 24.6 Å². The molecule has 1 unspecified atom stereocenters. The summed E-state index contributed by atoms with van der Waals surface area (Å²) < 4.78 is 39.6. The minimum Gasteiger partial charge on any atom is -0.493 e. The Labute approximate surface area is 173 Å². The number of nitrogens with zero attached hydrogens (tertiary/aromatic N) is 2. The highest BCUT2D eigenvalue weighted by atomic mass is 32.2. The lowest BCUT2D eigenvalue weighted by Crippen LogP contribution is -2.51. The van der Waals surface area contributed by atoms with Crippen molar-refractivity contribution < 1.29 is 22.7 Å². The molecule has 9 heteroatoms. The van der Waals surface area contributed by atoms with Crippen LogP contribution < -0.4 is 14.8 Å². The number of nitrogens with one attached hydrogen (secondary N) is 1. The Balaban J connectivity index is 1.61. The molecule has 1 N–H and O–H groups in total. The Morgan fingerprint density at radius 3 is 2.48 bits per heavy atom. The first kappa shape index (κ1) is 21.9. The third-order valence-electron chi connectivity index (χ3n) is 5.66. The molecule has 162 valence electrons. The van der Waals surface area contributed by atoms with E-state index in [2.05, 4.69) is 5.32 Å². The molecule has 0 bridgehead atoms. The van der Waals surface area contributed by atoms with E-state index in [1.807, 2.05) is 12.1 Å². The number of methoxy groups -OCH3 is 2. The van der Waals surface area contributed by atoms with Gasteiger partial charge in [0.15, 0.2) is 11.5 Å². The fraction of sp³-hybridized carbons (Fsp3) is 0.650. The van der Waals surface area contributed by atoms with E-state index in [4.69, 9.17) is 9.47 Å². The van der Waals surface area contributed by atoms with Gasteiger partial charge in [-0.05, 0) is 31.7 Å². The van der Waals surface area contributed by atoms with Gasteiger partial charge in [0.2, 0.25) is 5.91 Å². The second-order valence-corrected chi connectivity index (χ2v) is 9.46. The Morgan fingerprint density at radius 2 is 1.79 bits per heavy atom. The molecular weight excluding hydrogens is 394 g/mol. The average Bonchev–Trinajstić information content (AvgIpc) is 2.77. The van der Waals surface area contributed by atoms with Crippen LogP contribution in [0.4, 0.5) is 0 Å². The van der Waals surface area contributed by atoms with Crippen LogP contribution in [0.3, 0.4) is 0 Å². The number of rotatable bonds is 7. The molecule has 3 rings (SSSR count). The Bertz CT molecular complexity index is 808. The standard InChI is InChI=1S/C20H31N3O5S/c1-27-18-10-6-8-16(19(18)28-2)14-21-20(24)17-9-7-13-23(15-17)29(25,26)22-11-4-3-5-12-22/h6,8,10,17H,3-5,7,9,11-15H2,1-2H3,(H,21,24). The van der Waals surface area contributed by atoms with Crippen molar-refractivity contribution in [3.8, 4) is 11.5 Å². The Hall–Kier alpha value is -1.84. The predicted octanol–water partition coefficient (Wildman–Crippen LogP) is 1.76. The molecule has 2 fully saturated rings. The summed E-state index contributed by atoms with van der Waals surface area (Å²) in [5.74, 6) is 0.720. The highest BCUT2D eigenvalue weighted by Gasteiger charge is 2.36. The zero-order chi connectivity index (χ0) is 20.9. The van der Waals surface area contributed by atoms with Crippen LogP contribution in [0, 0.1) is 5.92 Å². The number of carbonyl (C=O) groups excluding carboxylic acids is 1. The van der Waals surface area contributed by atoms with Crippen LogP contribution in [-0.2, 0) is 21.5 Å². The van der Waals surface area contributed by atoms with Crippen molar-refractivity contribution in [1.29, 1.82) is 0 Å². The van der Waals surface area contributed by atoms with Gasteiger partial charge in [-0.3, -0.25) is 4.79 Å². The van der Waals surface area contributed by atoms with Crippen LogP contribution in [0.2, 0.25) is 0 Å². The topological polar surface area (TPSA) is 88.2 Å². The average molecular weight is 426 g/mol. The lowest BCUT2D eigenvalue weighted by Gasteiger charge is -2.36. The van der Waals surface area contributed by atoms with Crippen LogP contribution in [0.25, 0.3) is 0 Å². The minimum atomic E-state index is -3.49. The summed E-state index contributed by atoms with van der Waals surface area (Å²) in [5.41, 5.74) is 0.814.